The average molecular weight is 260 g/mol. The molecule has 1 aromatic carbocycles. The summed E-state index contributed by atoms with van der Waals surface area (Å²) in [5.74, 6) is 0.786. The van der Waals surface area contributed by atoms with Crippen LogP contribution in [0.4, 0.5) is 0 Å². The minimum Gasteiger partial charge on any atom is -0.311 e. The normalized spacial score (nSPS) is 20.9. The first kappa shape index (κ1) is 14.5. The van der Waals surface area contributed by atoms with Crippen LogP contribution in [0.25, 0.3) is 0 Å². The number of nitrogens with one attached hydrogen (secondary N) is 1. The Morgan fingerprint density at radius 3 is 2.95 bits per heavy atom. The van der Waals surface area contributed by atoms with Gasteiger partial charge in [-0.3, -0.25) is 0 Å². The van der Waals surface area contributed by atoms with Gasteiger partial charge in [-0.1, -0.05) is 43.7 Å². The van der Waals surface area contributed by atoms with Crippen molar-refractivity contribution in [2.75, 3.05) is 26.2 Å². The number of nitrogens with zero attached hydrogens (tertiary/aromatic N) is 1. The third-order valence-electron chi connectivity index (χ3n) is 3.89. The van der Waals surface area contributed by atoms with E-state index in [0.717, 1.165) is 12.5 Å². The molecule has 1 heterocycles. The van der Waals surface area contributed by atoms with E-state index in [-0.39, 0.29) is 0 Å². The molecule has 1 fully saturated rings. The summed E-state index contributed by atoms with van der Waals surface area (Å²) < 4.78 is 0. The highest BCUT2D eigenvalue weighted by Gasteiger charge is 2.19. The SMILES string of the molecule is Cc1cccc(CCN2CCNC(CC(C)C)C2)c1. The zero-order chi connectivity index (χ0) is 13.7. The van der Waals surface area contributed by atoms with Gasteiger partial charge in [0.15, 0.2) is 0 Å². The molecule has 0 amide bonds. The number of aryl methyl sites for hydroxylation is 1. The average Bonchev–Trinajstić information content (AvgIpc) is 2.36. The van der Waals surface area contributed by atoms with Crippen molar-refractivity contribution in [3.8, 4) is 0 Å². The molecule has 0 aliphatic carbocycles. The Morgan fingerprint density at radius 1 is 1.37 bits per heavy atom. The molecule has 106 valence electrons. The molecule has 1 aliphatic heterocycles. The van der Waals surface area contributed by atoms with Gasteiger partial charge < -0.3 is 10.2 Å². The monoisotopic (exact) mass is 260 g/mol. The number of hydrogen-bond acceptors (Lipinski definition) is 2. The summed E-state index contributed by atoms with van der Waals surface area (Å²) in [6, 6.07) is 9.59. The Balaban J connectivity index is 1.79. The van der Waals surface area contributed by atoms with Gasteiger partial charge in [-0.25, -0.2) is 0 Å². The quantitative estimate of drug-likeness (QED) is 0.876. The summed E-state index contributed by atoms with van der Waals surface area (Å²) in [4.78, 5) is 2.62. The van der Waals surface area contributed by atoms with Crippen molar-refractivity contribution in [3.63, 3.8) is 0 Å². The molecule has 0 aromatic heterocycles. The minimum atomic E-state index is 0.686. The summed E-state index contributed by atoms with van der Waals surface area (Å²) in [6.07, 6.45) is 2.47. The van der Waals surface area contributed by atoms with Crippen LogP contribution in [0.1, 0.15) is 31.4 Å². The van der Waals surface area contributed by atoms with E-state index in [4.69, 9.17) is 0 Å². The van der Waals surface area contributed by atoms with E-state index in [1.165, 1.54) is 43.6 Å². The molecule has 1 unspecified atom stereocenters. The van der Waals surface area contributed by atoms with Gasteiger partial charge in [0, 0.05) is 32.2 Å². The fourth-order valence-corrected chi connectivity index (χ4v) is 2.98. The van der Waals surface area contributed by atoms with Crippen LogP contribution in [-0.2, 0) is 6.42 Å². The molecule has 2 rings (SSSR count). The summed E-state index contributed by atoms with van der Waals surface area (Å²) in [6.45, 7) is 11.5. The maximum absolute atomic E-state index is 3.65. The van der Waals surface area contributed by atoms with Crippen LogP contribution < -0.4 is 5.32 Å². The third kappa shape index (κ3) is 4.96. The molecule has 2 heteroatoms. The van der Waals surface area contributed by atoms with Gasteiger partial charge >= 0.3 is 0 Å². The van der Waals surface area contributed by atoms with E-state index in [9.17, 15) is 0 Å². The molecule has 1 aromatic rings. The highest BCUT2D eigenvalue weighted by molar-refractivity contribution is 5.22. The Kier molecular flexibility index (Phi) is 5.41. The topological polar surface area (TPSA) is 15.3 Å². The lowest BCUT2D eigenvalue weighted by molar-refractivity contribution is 0.188. The molecule has 1 aliphatic rings. The van der Waals surface area contributed by atoms with Crippen molar-refractivity contribution in [2.45, 2.75) is 39.7 Å². The lowest BCUT2D eigenvalue weighted by atomic mass is 10.0. The smallest absolute Gasteiger partial charge is 0.0198 e. The standard InChI is InChI=1S/C17H28N2/c1-14(2)11-17-13-19(10-8-18-17)9-7-16-6-4-5-15(3)12-16/h4-6,12,14,17-18H,7-11,13H2,1-3H3. The molecule has 1 atom stereocenters. The second-order valence-corrected chi connectivity index (χ2v) is 6.32. The molecule has 0 radical (unpaired) electrons. The molecular formula is C17H28N2. The van der Waals surface area contributed by atoms with E-state index in [1.54, 1.807) is 0 Å². The molecule has 1 saturated heterocycles. The minimum absolute atomic E-state index is 0.686. The van der Waals surface area contributed by atoms with Gasteiger partial charge in [-0.05, 0) is 31.2 Å². The number of piperazine rings is 1. The Bertz CT molecular complexity index is 387. The van der Waals surface area contributed by atoms with E-state index >= 15 is 0 Å². The Morgan fingerprint density at radius 2 is 2.21 bits per heavy atom. The van der Waals surface area contributed by atoms with Gasteiger partial charge in [0.05, 0.1) is 0 Å². The van der Waals surface area contributed by atoms with Gasteiger partial charge in [0.2, 0.25) is 0 Å². The van der Waals surface area contributed by atoms with E-state index in [2.05, 4.69) is 55.3 Å². The molecule has 1 N–H and O–H groups in total. The van der Waals surface area contributed by atoms with Crippen molar-refractivity contribution in [1.82, 2.24) is 10.2 Å². The first-order valence-corrected chi connectivity index (χ1v) is 7.65. The number of rotatable bonds is 5. The van der Waals surface area contributed by atoms with E-state index < -0.39 is 0 Å². The first-order chi connectivity index (χ1) is 9.13. The maximum atomic E-state index is 3.65. The lowest BCUT2D eigenvalue weighted by Gasteiger charge is -2.34. The summed E-state index contributed by atoms with van der Waals surface area (Å²) in [5, 5.41) is 3.65. The largest absolute Gasteiger partial charge is 0.311 e. The third-order valence-corrected chi connectivity index (χ3v) is 3.89. The maximum Gasteiger partial charge on any atom is 0.0198 e. The molecular weight excluding hydrogens is 232 g/mol. The first-order valence-electron chi connectivity index (χ1n) is 7.65. The van der Waals surface area contributed by atoms with Crippen molar-refractivity contribution in [1.29, 1.82) is 0 Å². The van der Waals surface area contributed by atoms with Crippen LogP contribution in [0, 0.1) is 12.8 Å². The fourth-order valence-electron chi connectivity index (χ4n) is 2.98. The predicted octanol–water partition coefficient (Wildman–Crippen LogP) is 2.86. The highest BCUT2D eigenvalue weighted by atomic mass is 15.2. The van der Waals surface area contributed by atoms with Gasteiger partial charge in [-0.15, -0.1) is 0 Å². The van der Waals surface area contributed by atoms with Crippen molar-refractivity contribution < 1.29 is 0 Å². The second kappa shape index (κ2) is 7.06. The number of hydrogen-bond donors (Lipinski definition) is 1. The van der Waals surface area contributed by atoms with Crippen LogP contribution in [0.3, 0.4) is 0 Å². The zero-order valence-electron chi connectivity index (χ0n) is 12.7. The van der Waals surface area contributed by atoms with Crippen LogP contribution in [0.2, 0.25) is 0 Å². The van der Waals surface area contributed by atoms with Gasteiger partial charge in [0.25, 0.3) is 0 Å². The van der Waals surface area contributed by atoms with Crippen LogP contribution >= 0.6 is 0 Å². The van der Waals surface area contributed by atoms with Gasteiger partial charge in [0.1, 0.15) is 0 Å². The Hall–Kier alpha value is -0.860. The molecule has 0 saturated carbocycles. The van der Waals surface area contributed by atoms with Crippen molar-refractivity contribution in [2.24, 2.45) is 5.92 Å². The predicted molar refractivity (Wildman–Crippen MR) is 82.6 cm³/mol. The number of benzene rings is 1. The van der Waals surface area contributed by atoms with E-state index in [0.29, 0.717) is 6.04 Å². The molecule has 0 spiro atoms. The molecule has 0 bridgehead atoms. The Labute approximate surface area is 118 Å². The van der Waals surface area contributed by atoms with E-state index in [1.807, 2.05) is 0 Å². The van der Waals surface area contributed by atoms with Crippen LogP contribution in [0.5, 0.6) is 0 Å². The zero-order valence-corrected chi connectivity index (χ0v) is 12.7. The molecule has 2 nitrogen and oxygen atoms in total. The van der Waals surface area contributed by atoms with Gasteiger partial charge in [-0.2, -0.15) is 0 Å². The van der Waals surface area contributed by atoms with Crippen molar-refractivity contribution >= 4 is 0 Å². The second-order valence-electron chi connectivity index (χ2n) is 6.32. The summed E-state index contributed by atoms with van der Waals surface area (Å²) in [5.41, 5.74) is 2.84. The molecule has 19 heavy (non-hydrogen) atoms. The fraction of sp³-hybridized carbons (Fsp3) is 0.647. The van der Waals surface area contributed by atoms with Crippen molar-refractivity contribution in [3.05, 3.63) is 35.4 Å². The summed E-state index contributed by atoms with van der Waals surface area (Å²) >= 11 is 0. The summed E-state index contributed by atoms with van der Waals surface area (Å²) in [7, 11) is 0. The highest BCUT2D eigenvalue weighted by Crippen LogP contribution is 2.11. The lowest BCUT2D eigenvalue weighted by Crippen LogP contribution is -2.51. The van der Waals surface area contributed by atoms with Crippen LogP contribution in [-0.4, -0.2) is 37.1 Å². The van der Waals surface area contributed by atoms with Crippen LogP contribution in [0.15, 0.2) is 24.3 Å².